The Morgan fingerprint density at radius 3 is 2.71 bits per heavy atom. The summed E-state index contributed by atoms with van der Waals surface area (Å²) in [5, 5.41) is 11.6. The third-order valence-corrected chi connectivity index (χ3v) is 5.70. The number of carbonyl (C=O) groups excluding carboxylic acids is 1. The molecule has 2 saturated heterocycles. The van der Waals surface area contributed by atoms with Gasteiger partial charge in [0, 0.05) is 44.0 Å². The average Bonchev–Trinajstić information content (AvgIpc) is 3.17. The smallest absolute Gasteiger partial charge is 0.273 e. The lowest BCUT2D eigenvalue weighted by molar-refractivity contribution is 0.101. The number of carbonyl (C=O) groups is 1. The lowest BCUT2D eigenvalue weighted by Gasteiger charge is -2.30. The van der Waals surface area contributed by atoms with Gasteiger partial charge in [-0.25, -0.2) is 0 Å². The highest BCUT2D eigenvalue weighted by Crippen LogP contribution is 2.32. The molecule has 2 aliphatic rings. The van der Waals surface area contributed by atoms with Crippen molar-refractivity contribution in [3.63, 3.8) is 0 Å². The van der Waals surface area contributed by atoms with Crippen molar-refractivity contribution in [3.8, 4) is 0 Å². The molecular weight excluding hydrogens is 352 g/mol. The van der Waals surface area contributed by atoms with Gasteiger partial charge in [0.1, 0.15) is 5.69 Å². The predicted octanol–water partition coefficient (Wildman–Crippen LogP) is 2.82. The number of amides is 1. The van der Waals surface area contributed by atoms with Gasteiger partial charge in [0.15, 0.2) is 0 Å². The number of pyridine rings is 1. The van der Waals surface area contributed by atoms with Gasteiger partial charge in [0.05, 0.1) is 22.9 Å². The van der Waals surface area contributed by atoms with Gasteiger partial charge in [-0.1, -0.05) is 0 Å². The minimum Gasteiger partial charge on any atom is -0.370 e. The summed E-state index contributed by atoms with van der Waals surface area (Å²) in [7, 11) is 0. The fourth-order valence-corrected chi connectivity index (χ4v) is 4.07. The van der Waals surface area contributed by atoms with E-state index in [0.717, 1.165) is 48.5 Å². The average molecular weight is 376 g/mol. The molecule has 0 spiro atoms. The van der Waals surface area contributed by atoms with Crippen LogP contribution in [0.3, 0.4) is 0 Å². The van der Waals surface area contributed by atoms with Gasteiger partial charge >= 0.3 is 0 Å². The zero-order valence-electron chi connectivity index (χ0n) is 15.8. The molecule has 1 amide bonds. The SMILES string of the molecule is O=C(Nc1ccc(N2CCCCC2)c2ncccc12)c1ccnn1C1CNC1. The van der Waals surface area contributed by atoms with Crippen LogP contribution in [0.15, 0.2) is 42.7 Å². The number of fused-ring (bicyclic) bond motifs is 1. The van der Waals surface area contributed by atoms with Crippen molar-refractivity contribution in [1.29, 1.82) is 0 Å². The quantitative estimate of drug-likeness (QED) is 0.732. The second-order valence-corrected chi connectivity index (χ2v) is 7.51. The maximum atomic E-state index is 12.9. The minimum atomic E-state index is -0.139. The number of hydrogen-bond donors (Lipinski definition) is 2. The molecule has 2 aliphatic heterocycles. The van der Waals surface area contributed by atoms with Crippen LogP contribution in [0.2, 0.25) is 0 Å². The summed E-state index contributed by atoms with van der Waals surface area (Å²) < 4.78 is 1.81. The van der Waals surface area contributed by atoms with E-state index in [1.165, 1.54) is 19.3 Å². The molecule has 0 aliphatic carbocycles. The third kappa shape index (κ3) is 3.01. The monoisotopic (exact) mass is 376 g/mol. The Balaban J connectivity index is 1.46. The molecule has 5 rings (SSSR count). The zero-order chi connectivity index (χ0) is 18.9. The van der Waals surface area contributed by atoms with Gasteiger partial charge in [-0.3, -0.25) is 14.5 Å². The molecule has 4 heterocycles. The zero-order valence-corrected chi connectivity index (χ0v) is 15.8. The second kappa shape index (κ2) is 7.24. The van der Waals surface area contributed by atoms with E-state index in [1.54, 1.807) is 12.3 Å². The summed E-state index contributed by atoms with van der Waals surface area (Å²) in [5.74, 6) is -0.139. The summed E-state index contributed by atoms with van der Waals surface area (Å²) in [4.78, 5) is 20.0. The topological polar surface area (TPSA) is 75.1 Å². The van der Waals surface area contributed by atoms with Crippen molar-refractivity contribution in [2.45, 2.75) is 25.3 Å². The van der Waals surface area contributed by atoms with Crippen molar-refractivity contribution in [2.75, 3.05) is 36.4 Å². The Labute approximate surface area is 163 Å². The van der Waals surface area contributed by atoms with Crippen LogP contribution in [0.5, 0.6) is 0 Å². The van der Waals surface area contributed by atoms with Crippen molar-refractivity contribution < 1.29 is 4.79 Å². The summed E-state index contributed by atoms with van der Waals surface area (Å²) in [6, 6.07) is 10.0. The molecule has 0 radical (unpaired) electrons. The van der Waals surface area contributed by atoms with Crippen LogP contribution in [0, 0.1) is 0 Å². The van der Waals surface area contributed by atoms with E-state index in [0.29, 0.717) is 5.69 Å². The first-order valence-corrected chi connectivity index (χ1v) is 9.99. The fourth-order valence-electron chi connectivity index (χ4n) is 4.07. The minimum absolute atomic E-state index is 0.139. The van der Waals surface area contributed by atoms with Gasteiger partial charge in [-0.05, 0) is 49.6 Å². The number of aromatic nitrogens is 3. The molecule has 2 N–H and O–H groups in total. The van der Waals surface area contributed by atoms with E-state index < -0.39 is 0 Å². The van der Waals surface area contributed by atoms with Crippen LogP contribution in [0.1, 0.15) is 35.8 Å². The van der Waals surface area contributed by atoms with Gasteiger partial charge in [0.2, 0.25) is 0 Å². The Bertz CT molecular complexity index is 1000. The molecule has 7 heteroatoms. The van der Waals surface area contributed by atoms with Crippen molar-refractivity contribution >= 4 is 28.2 Å². The second-order valence-electron chi connectivity index (χ2n) is 7.51. The highest BCUT2D eigenvalue weighted by molar-refractivity contribution is 6.09. The molecule has 28 heavy (non-hydrogen) atoms. The Kier molecular flexibility index (Phi) is 4.44. The highest BCUT2D eigenvalue weighted by Gasteiger charge is 2.25. The molecule has 144 valence electrons. The van der Waals surface area contributed by atoms with Crippen LogP contribution < -0.4 is 15.5 Å². The molecule has 2 fully saturated rings. The maximum Gasteiger partial charge on any atom is 0.273 e. The van der Waals surface area contributed by atoms with E-state index in [1.807, 2.05) is 29.1 Å². The number of anilines is 2. The predicted molar refractivity (Wildman–Crippen MR) is 110 cm³/mol. The molecule has 0 saturated carbocycles. The Morgan fingerprint density at radius 1 is 1.07 bits per heavy atom. The standard InChI is InChI=1S/C21H24N6O/c28-21(19-8-10-24-27(19)15-13-22-14-15)25-17-6-7-18(26-11-2-1-3-12-26)20-16(17)5-4-9-23-20/h4-10,15,22H,1-3,11-14H2,(H,25,28). The first kappa shape index (κ1) is 17.2. The number of benzene rings is 1. The molecular formula is C21H24N6O. The van der Waals surface area contributed by atoms with E-state index >= 15 is 0 Å². The number of piperidine rings is 1. The van der Waals surface area contributed by atoms with Crippen LogP contribution >= 0.6 is 0 Å². The third-order valence-electron chi connectivity index (χ3n) is 5.70. The van der Waals surface area contributed by atoms with Crippen molar-refractivity contribution in [2.24, 2.45) is 0 Å². The molecule has 3 aromatic rings. The van der Waals surface area contributed by atoms with Gasteiger partial charge in [0.25, 0.3) is 5.91 Å². The summed E-state index contributed by atoms with van der Waals surface area (Å²) >= 11 is 0. The first-order chi connectivity index (χ1) is 13.8. The van der Waals surface area contributed by atoms with E-state index in [-0.39, 0.29) is 11.9 Å². The summed E-state index contributed by atoms with van der Waals surface area (Å²) in [6.45, 7) is 3.82. The first-order valence-electron chi connectivity index (χ1n) is 9.99. The Morgan fingerprint density at radius 2 is 1.93 bits per heavy atom. The van der Waals surface area contributed by atoms with Gasteiger partial charge in [-0.2, -0.15) is 5.10 Å². The number of hydrogen-bond acceptors (Lipinski definition) is 5. The van der Waals surface area contributed by atoms with Gasteiger partial charge in [-0.15, -0.1) is 0 Å². The van der Waals surface area contributed by atoms with E-state index in [4.69, 9.17) is 0 Å². The van der Waals surface area contributed by atoms with Crippen LogP contribution in [-0.4, -0.2) is 46.9 Å². The summed E-state index contributed by atoms with van der Waals surface area (Å²) in [6.07, 6.45) is 7.23. The van der Waals surface area contributed by atoms with Crippen LogP contribution in [0.4, 0.5) is 11.4 Å². The van der Waals surface area contributed by atoms with Crippen molar-refractivity contribution in [1.82, 2.24) is 20.1 Å². The van der Waals surface area contributed by atoms with E-state index in [2.05, 4.69) is 31.7 Å². The van der Waals surface area contributed by atoms with E-state index in [9.17, 15) is 4.79 Å². The Hall–Kier alpha value is -2.93. The molecule has 0 bridgehead atoms. The maximum absolute atomic E-state index is 12.9. The normalized spacial score (nSPS) is 17.5. The fraction of sp³-hybridized carbons (Fsp3) is 0.381. The molecule has 1 aromatic carbocycles. The number of rotatable bonds is 4. The van der Waals surface area contributed by atoms with Crippen LogP contribution in [-0.2, 0) is 0 Å². The van der Waals surface area contributed by atoms with Gasteiger partial charge < -0.3 is 15.5 Å². The largest absolute Gasteiger partial charge is 0.370 e. The lowest BCUT2D eigenvalue weighted by Crippen LogP contribution is -2.45. The molecule has 2 aromatic heterocycles. The number of nitrogens with one attached hydrogen (secondary N) is 2. The molecule has 0 unspecified atom stereocenters. The molecule has 7 nitrogen and oxygen atoms in total. The van der Waals surface area contributed by atoms with Crippen molar-refractivity contribution in [3.05, 3.63) is 48.4 Å². The van der Waals surface area contributed by atoms with Crippen LogP contribution in [0.25, 0.3) is 10.9 Å². The number of nitrogens with zero attached hydrogens (tertiary/aromatic N) is 4. The molecule has 0 atom stereocenters. The lowest BCUT2D eigenvalue weighted by atomic mass is 10.1. The summed E-state index contributed by atoms with van der Waals surface area (Å²) in [5.41, 5.74) is 3.47. The highest BCUT2D eigenvalue weighted by atomic mass is 16.2.